The van der Waals surface area contributed by atoms with E-state index in [1.807, 2.05) is 71.8 Å². The minimum absolute atomic E-state index is 0.0857. The lowest BCUT2D eigenvalue weighted by Gasteiger charge is -2.24. The van der Waals surface area contributed by atoms with Crippen LogP contribution in [-0.4, -0.2) is 45.9 Å². The third-order valence-electron chi connectivity index (χ3n) is 6.28. The van der Waals surface area contributed by atoms with Gasteiger partial charge in [-0.25, -0.2) is 0 Å². The lowest BCUT2D eigenvalue weighted by molar-refractivity contribution is -0.143. The van der Waals surface area contributed by atoms with Crippen molar-refractivity contribution in [3.05, 3.63) is 78.0 Å². The number of allylic oxidation sites excluding steroid dienone is 1. The number of nitrogens with one attached hydrogen (secondary N) is 1. The molecule has 0 amide bonds. The Morgan fingerprint density at radius 2 is 1.86 bits per heavy atom. The van der Waals surface area contributed by atoms with Crippen molar-refractivity contribution in [1.82, 2.24) is 9.88 Å². The zero-order valence-electron chi connectivity index (χ0n) is 15.9. The molecule has 1 fully saturated rings. The molecule has 5 nitrogen and oxygen atoms in total. The molecule has 2 aliphatic rings. The highest BCUT2D eigenvalue weighted by Crippen LogP contribution is 2.39. The molecule has 29 heavy (non-hydrogen) atoms. The third-order valence-corrected chi connectivity index (χ3v) is 6.28. The minimum atomic E-state index is -0.838. The second kappa shape index (κ2) is 7.01. The van der Waals surface area contributed by atoms with Gasteiger partial charge < -0.3 is 10.1 Å². The Hall–Kier alpha value is -3.18. The van der Waals surface area contributed by atoms with Gasteiger partial charge in [0.15, 0.2) is 5.78 Å². The van der Waals surface area contributed by atoms with Crippen LogP contribution in [0.15, 0.2) is 66.9 Å². The van der Waals surface area contributed by atoms with E-state index in [2.05, 4.69) is 4.98 Å². The Bertz CT molecular complexity index is 1120. The summed E-state index contributed by atoms with van der Waals surface area (Å²) in [6, 6.07) is 17.0. The molecular weight excluding hydrogens is 364 g/mol. The molecule has 146 valence electrons. The number of ketones is 1. The zero-order chi connectivity index (χ0) is 20.0. The van der Waals surface area contributed by atoms with Gasteiger partial charge in [0.25, 0.3) is 0 Å². The summed E-state index contributed by atoms with van der Waals surface area (Å²) in [6.45, 7) is 1.10. The summed E-state index contributed by atoms with van der Waals surface area (Å²) in [6.07, 6.45) is 4.37. The lowest BCUT2D eigenvalue weighted by atomic mass is 9.97. The number of carbonyl (C=O) groups is 2. The molecule has 2 N–H and O–H groups in total. The standard InChI is InChI=1S/C24H22N2O3/c27-23-19(15-6-2-1-3-7-15)10-17-13-26(14-20(17)23)22(24(28)29)11-16-12-25-21-9-5-4-8-18(16)21/h1-10,12,17,20,22,25H,11,13-14H2,(H,28,29)/t17-,20+,22?/m1/s1. The number of likely N-dealkylation sites (tertiary alicyclic amines) is 1. The van der Waals surface area contributed by atoms with E-state index in [0.29, 0.717) is 19.5 Å². The highest BCUT2D eigenvalue weighted by Gasteiger charge is 2.45. The van der Waals surface area contributed by atoms with E-state index in [1.165, 1.54) is 0 Å². The van der Waals surface area contributed by atoms with Crippen molar-refractivity contribution in [1.29, 1.82) is 0 Å². The Morgan fingerprint density at radius 1 is 1.10 bits per heavy atom. The van der Waals surface area contributed by atoms with Crippen LogP contribution in [-0.2, 0) is 16.0 Å². The van der Waals surface area contributed by atoms with Crippen molar-refractivity contribution in [3.8, 4) is 0 Å². The summed E-state index contributed by atoms with van der Waals surface area (Å²) in [4.78, 5) is 30.2. The van der Waals surface area contributed by atoms with Crippen LogP contribution < -0.4 is 0 Å². The van der Waals surface area contributed by atoms with Crippen molar-refractivity contribution in [3.63, 3.8) is 0 Å². The third kappa shape index (κ3) is 3.08. The number of carboxylic acid groups (broad SMARTS) is 1. The molecule has 1 saturated heterocycles. The van der Waals surface area contributed by atoms with Crippen molar-refractivity contribution >= 4 is 28.2 Å². The van der Waals surface area contributed by atoms with Crippen LogP contribution >= 0.6 is 0 Å². The van der Waals surface area contributed by atoms with Crippen LogP contribution in [0.4, 0.5) is 0 Å². The maximum Gasteiger partial charge on any atom is 0.321 e. The Morgan fingerprint density at radius 3 is 2.62 bits per heavy atom. The number of aromatic amines is 1. The molecule has 1 aliphatic heterocycles. The first-order chi connectivity index (χ1) is 14.1. The van der Waals surface area contributed by atoms with Gasteiger partial charge in [-0.05, 0) is 17.2 Å². The van der Waals surface area contributed by atoms with Crippen LogP contribution in [0.5, 0.6) is 0 Å². The van der Waals surface area contributed by atoms with Gasteiger partial charge >= 0.3 is 5.97 Å². The summed E-state index contributed by atoms with van der Waals surface area (Å²) in [7, 11) is 0. The number of H-pyrrole nitrogens is 1. The summed E-state index contributed by atoms with van der Waals surface area (Å²) >= 11 is 0. The van der Waals surface area contributed by atoms with Gasteiger partial charge in [0.05, 0.1) is 0 Å². The van der Waals surface area contributed by atoms with Gasteiger partial charge in [-0.15, -0.1) is 0 Å². The van der Waals surface area contributed by atoms with Crippen molar-refractivity contribution in [2.75, 3.05) is 13.1 Å². The fraction of sp³-hybridized carbons (Fsp3) is 0.250. The van der Waals surface area contributed by atoms with Crippen LogP contribution in [0.3, 0.4) is 0 Å². The number of carboxylic acids is 1. The average Bonchev–Trinajstić information content (AvgIpc) is 3.41. The Kier molecular flexibility index (Phi) is 4.32. The fourth-order valence-electron chi connectivity index (χ4n) is 4.79. The molecule has 1 aromatic heterocycles. The highest BCUT2D eigenvalue weighted by molar-refractivity contribution is 6.24. The number of benzene rings is 2. The molecule has 1 aliphatic carbocycles. The molecule has 3 atom stereocenters. The molecule has 2 aromatic carbocycles. The SMILES string of the molecule is O=C(O)C(Cc1c[nH]c2ccccc12)N1C[C@H]2C=C(c3ccccc3)C(=O)[C@H]2C1. The number of hydrogen-bond acceptors (Lipinski definition) is 3. The number of para-hydroxylation sites is 1. The first-order valence-electron chi connectivity index (χ1n) is 9.95. The minimum Gasteiger partial charge on any atom is -0.480 e. The van der Waals surface area contributed by atoms with Gasteiger partial charge in [-0.2, -0.15) is 0 Å². The van der Waals surface area contributed by atoms with Crippen LogP contribution in [0.25, 0.3) is 16.5 Å². The van der Waals surface area contributed by atoms with E-state index in [-0.39, 0.29) is 17.6 Å². The quantitative estimate of drug-likeness (QED) is 0.705. The van der Waals surface area contributed by atoms with Gasteiger partial charge in [-0.1, -0.05) is 54.6 Å². The number of aromatic nitrogens is 1. The predicted molar refractivity (Wildman–Crippen MR) is 111 cm³/mol. The molecule has 5 heteroatoms. The largest absolute Gasteiger partial charge is 0.480 e. The van der Waals surface area contributed by atoms with Gasteiger partial charge in [0, 0.05) is 54.0 Å². The number of nitrogens with zero attached hydrogens (tertiary/aromatic N) is 1. The lowest BCUT2D eigenvalue weighted by Crippen LogP contribution is -2.42. The molecule has 1 unspecified atom stereocenters. The van der Waals surface area contributed by atoms with Crippen LogP contribution in [0.1, 0.15) is 11.1 Å². The smallest absolute Gasteiger partial charge is 0.321 e. The number of fused-ring (bicyclic) bond motifs is 2. The molecular formula is C24H22N2O3. The summed E-state index contributed by atoms with van der Waals surface area (Å²) in [5, 5.41) is 11.0. The molecule has 0 spiro atoms. The second-order valence-corrected chi connectivity index (χ2v) is 7.95. The van der Waals surface area contributed by atoms with Crippen LogP contribution in [0, 0.1) is 11.8 Å². The van der Waals surface area contributed by atoms with Crippen molar-refractivity contribution in [2.24, 2.45) is 11.8 Å². The normalized spacial score (nSPS) is 22.6. The monoisotopic (exact) mass is 386 g/mol. The average molecular weight is 386 g/mol. The van der Waals surface area contributed by atoms with E-state index < -0.39 is 12.0 Å². The molecule has 2 heterocycles. The molecule has 0 saturated carbocycles. The van der Waals surface area contributed by atoms with Crippen LogP contribution in [0.2, 0.25) is 0 Å². The molecule has 3 aromatic rings. The topological polar surface area (TPSA) is 73.4 Å². The fourth-order valence-corrected chi connectivity index (χ4v) is 4.79. The van der Waals surface area contributed by atoms with Gasteiger partial charge in [0.1, 0.15) is 6.04 Å². The maximum atomic E-state index is 13.0. The number of rotatable bonds is 5. The van der Waals surface area contributed by atoms with Gasteiger partial charge in [0.2, 0.25) is 0 Å². The van der Waals surface area contributed by atoms with E-state index in [4.69, 9.17) is 0 Å². The molecule has 5 rings (SSSR count). The van der Waals surface area contributed by atoms with E-state index >= 15 is 0 Å². The second-order valence-electron chi connectivity index (χ2n) is 7.95. The Labute approximate surface area is 168 Å². The van der Waals surface area contributed by atoms with E-state index in [9.17, 15) is 14.7 Å². The van der Waals surface area contributed by atoms with Gasteiger partial charge in [-0.3, -0.25) is 14.5 Å². The predicted octanol–water partition coefficient (Wildman–Crippen LogP) is 3.38. The summed E-state index contributed by atoms with van der Waals surface area (Å²) in [5.74, 6) is -0.757. The number of aliphatic carboxylic acids is 1. The highest BCUT2D eigenvalue weighted by atomic mass is 16.4. The summed E-state index contributed by atoms with van der Waals surface area (Å²) in [5.41, 5.74) is 3.74. The maximum absolute atomic E-state index is 13.0. The van der Waals surface area contributed by atoms with Crippen molar-refractivity contribution < 1.29 is 14.7 Å². The van der Waals surface area contributed by atoms with Crippen molar-refractivity contribution in [2.45, 2.75) is 12.5 Å². The Balaban J connectivity index is 1.38. The summed E-state index contributed by atoms with van der Waals surface area (Å²) < 4.78 is 0. The number of carbonyl (C=O) groups excluding carboxylic acids is 1. The first kappa shape index (κ1) is 17.9. The van der Waals surface area contributed by atoms with E-state index in [0.717, 1.165) is 27.6 Å². The van der Waals surface area contributed by atoms with E-state index in [1.54, 1.807) is 0 Å². The number of Topliss-reactive ketones (excluding diaryl/α,β-unsaturated/α-hetero) is 1. The zero-order valence-corrected chi connectivity index (χ0v) is 15.9. The number of hydrogen-bond donors (Lipinski definition) is 2. The molecule has 0 bridgehead atoms. The molecule has 0 radical (unpaired) electrons. The first-order valence-corrected chi connectivity index (χ1v) is 9.95.